The van der Waals surface area contributed by atoms with Crippen LogP contribution in [0.5, 0.6) is 5.88 Å². The monoisotopic (exact) mass is 418 g/mol. The molecule has 2 heterocycles. The van der Waals surface area contributed by atoms with Crippen LogP contribution in [-0.2, 0) is 6.54 Å². The molecular formula is C20H24F2N6O2. The highest BCUT2D eigenvalue weighted by Gasteiger charge is 2.47. The lowest BCUT2D eigenvalue weighted by atomic mass is 9.64. The summed E-state index contributed by atoms with van der Waals surface area (Å²) >= 11 is 0. The summed E-state index contributed by atoms with van der Waals surface area (Å²) < 4.78 is 31.3. The van der Waals surface area contributed by atoms with Crippen LogP contribution in [0, 0.1) is 16.7 Å². The molecule has 1 aliphatic carbocycles. The van der Waals surface area contributed by atoms with Gasteiger partial charge in [0.15, 0.2) is 6.61 Å². The fraction of sp³-hybridized carbons (Fsp3) is 0.500. The van der Waals surface area contributed by atoms with Crippen molar-refractivity contribution < 1.29 is 18.6 Å². The third kappa shape index (κ3) is 4.91. The molecule has 10 heteroatoms. The number of anilines is 2. The Bertz CT molecular complexity index is 942. The van der Waals surface area contributed by atoms with E-state index in [0.29, 0.717) is 17.8 Å². The molecule has 1 saturated carbocycles. The molecule has 0 aromatic carbocycles. The summed E-state index contributed by atoms with van der Waals surface area (Å²) in [6, 6.07) is 5.39. The van der Waals surface area contributed by atoms with Gasteiger partial charge in [-0.2, -0.15) is 10.2 Å². The molecule has 3 rings (SSSR count). The summed E-state index contributed by atoms with van der Waals surface area (Å²) in [6.45, 7) is 4.07. The lowest BCUT2D eigenvalue weighted by Crippen LogP contribution is -2.57. The number of pyridine rings is 1. The van der Waals surface area contributed by atoms with Gasteiger partial charge in [0.1, 0.15) is 17.5 Å². The number of alkyl halides is 2. The minimum absolute atomic E-state index is 0.0311. The molecule has 2 aromatic rings. The van der Waals surface area contributed by atoms with Gasteiger partial charge in [-0.1, -0.05) is 19.9 Å². The van der Waals surface area contributed by atoms with Gasteiger partial charge >= 0.3 is 0 Å². The van der Waals surface area contributed by atoms with Crippen molar-refractivity contribution in [3.63, 3.8) is 0 Å². The van der Waals surface area contributed by atoms with E-state index in [-0.39, 0.29) is 35.4 Å². The van der Waals surface area contributed by atoms with Crippen molar-refractivity contribution in [2.75, 3.05) is 17.2 Å². The van der Waals surface area contributed by atoms with Gasteiger partial charge in [-0.15, -0.1) is 0 Å². The van der Waals surface area contributed by atoms with Gasteiger partial charge in [0.2, 0.25) is 11.8 Å². The van der Waals surface area contributed by atoms with Crippen molar-refractivity contribution in [3.8, 4) is 11.9 Å². The Morgan fingerprint density at radius 2 is 2.17 bits per heavy atom. The van der Waals surface area contributed by atoms with Crippen LogP contribution in [-0.4, -0.2) is 44.7 Å². The lowest BCUT2D eigenvalue weighted by Gasteiger charge is -2.49. The number of hydrogen-bond acceptors (Lipinski definition) is 8. The van der Waals surface area contributed by atoms with Crippen molar-refractivity contribution in [2.24, 2.45) is 5.41 Å². The van der Waals surface area contributed by atoms with E-state index in [4.69, 9.17) is 4.74 Å². The number of nitriles is 1. The van der Waals surface area contributed by atoms with E-state index in [0.717, 1.165) is 6.92 Å². The van der Waals surface area contributed by atoms with Crippen LogP contribution in [0.15, 0.2) is 24.5 Å². The number of halogens is 2. The Labute approximate surface area is 173 Å². The van der Waals surface area contributed by atoms with E-state index in [2.05, 4.69) is 25.6 Å². The average Bonchev–Trinajstić information content (AvgIpc) is 2.70. The fourth-order valence-electron chi connectivity index (χ4n) is 3.03. The number of hydrogen-bond donors (Lipinski definition) is 3. The minimum Gasteiger partial charge on any atom is -0.471 e. The molecule has 8 nitrogen and oxygen atoms in total. The number of aliphatic hydroxyl groups excluding tert-OH is 1. The first kappa shape index (κ1) is 21.6. The number of rotatable bonds is 8. The van der Waals surface area contributed by atoms with Crippen LogP contribution in [0.4, 0.5) is 20.5 Å². The first-order valence-electron chi connectivity index (χ1n) is 9.50. The normalized spacial score (nSPS) is 20.0. The number of ether oxygens (including phenoxy) is 1. The van der Waals surface area contributed by atoms with Gasteiger partial charge in [-0.05, 0) is 12.5 Å². The van der Waals surface area contributed by atoms with Crippen molar-refractivity contribution >= 4 is 11.8 Å². The van der Waals surface area contributed by atoms with Crippen LogP contribution in [0.3, 0.4) is 0 Å². The van der Waals surface area contributed by atoms with Crippen LogP contribution in [0.2, 0.25) is 0 Å². The van der Waals surface area contributed by atoms with Gasteiger partial charge in [0.25, 0.3) is 5.92 Å². The lowest BCUT2D eigenvalue weighted by molar-refractivity contribution is -0.0511. The second-order valence-corrected chi connectivity index (χ2v) is 8.02. The highest BCUT2D eigenvalue weighted by atomic mass is 19.3. The van der Waals surface area contributed by atoms with Gasteiger partial charge in [0.05, 0.1) is 12.3 Å². The molecule has 0 spiro atoms. The van der Waals surface area contributed by atoms with Gasteiger partial charge in [-0.3, -0.25) is 0 Å². The molecule has 0 unspecified atom stereocenters. The molecule has 0 aliphatic heterocycles. The molecule has 2 aromatic heterocycles. The first-order chi connectivity index (χ1) is 14.1. The quantitative estimate of drug-likeness (QED) is 0.599. The molecular weight excluding hydrogens is 394 g/mol. The number of aromatic nitrogens is 3. The maximum Gasteiger partial charge on any atom is 0.278 e. The molecule has 30 heavy (non-hydrogen) atoms. The molecule has 160 valence electrons. The standard InChI is InChI=1S/C20H24F2N6O2/c1-19(2)14(7-15(19)29)27-16-13(8-23)10-26-18(28-16)25-9-12-5-4-6-24-17(12)30-11-20(3,21)22/h4-6,10,14-15,29H,7,9,11H2,1-3H3,(H2,25,26,27,28)/t14-,15-/m0/s1. The molecule has 2 atom stereocenters. The van der Waals surface area contributed by atoms with Crippen LogP contribution >= 0.6 is 0 Å². The zero-order chi connectivity index (χ0) is 21.9. The van der Waals surface area contributed by atoms with Crippen molar-refractivity contribution in [1.82, 2.24) is 15.0 Å². The van der Waals surface area contributed by atoms with E-state index >= 15 is 0 Å². The van der Waals surface area contributed by atoms with Crippen LogP contribution in [0.25, 0.3) is 0 Å². The summed E-state index contributed by atoms with van der Waals surface area (Å²) in [5.74, 6) is -2.25. The summed E-state index contributed by atoms with van der Waals surface area (Å²) in [4.78, 5) is 12.5. The Balaban J connectivity index is 1.70. The predicted octanol–water partition coefficient (Wildman–Crippen LogP) is 2.96. The summed E-state index contributed by atoms with van der Waals surface area (Å²) in [6.07, 6.45) is 3.00. The number of nitrogens with zero attached hydrogens (tertiary/aromatic N) is 4. The highest BCUT2D eigenvalue weighted by Crippen LogP contribution is 2.42. The zero-order valence-corrected chi connectivity index (χ0v) is 17.0. The molecule has 0 radical (unpaired) electrons. The maximum absolute atomic E-state index is 13.1. The van der Waals surface area contributed by atoms with E-state index in [9.17, 15) is 19.1 Å². The first-order valence-corrected chi connectivity index (χ1v) is 9.50. The Hall–Kier alpha value is -3.06. The predicted molar refractivity (Wildman–Crippen MR) is 106 cm³/mol. The molecule has 1 fully saturated rings. The van der Waals surface area contributed by atoms with Crippen molar-refractivity contribution in [2.45, 2.75) is 51.8 Å². The van der Waals surface area contributed by atoms with Gasteiger partial charge in [0, 0.05) is 36.7 Å². The second-order valence-electron chi connectivity index (χ2n) is 8.02. The van der Waals surface area contributed by atoms with E-state index in [1.165, 1.54) is 12.4 Å². The Morgan fingerprint density at radius 1 is 1.40 bits per heavy atom. The Morgan fingerprint density at radius 3 is 2.80 bits per heavy atom. The van der Waals surface area contributed by atoms with E-state index in [1.807, 2.05) is 19.9 Å². The summed E-state index contributed by atoms with van der Waals surface area (Å²) in [5.41, 5.74) is 0.509. The van der Waals surface area contributed by atoms with Gasteiger partial charge < -0.3 is 20.5 Å². The molecule has 3 N–H and O–H groups in total. The van der Waals surface area contributed by atoms with Crippen molar-refractivity contribution in [1.29, 1.82) is 5.26 Å². The van der Waals surface area contributed by atoms with Crippen LogP contribution in [0.1, 0.15) is 38.3 Å². The summed E-state index contributed by atoms with van der Waals surface area (Å²) in [7, 11) is 0. The zero-order valence-electron chi connectivity index (χ0n) is 17.0. The average molecular weight is 418 g/mol. The molecule has 0 amide bonds. The smallest absolute Gasteiger partial charge is 0.278 e. The third-order valence-electron chi connectivity index (χ3n) is 5.19. The third-order valence-corrected chi connectivity index (χ3v) is 5.19. The second kappa shape index (κ2) is 8.36. The molecule has 0 bridgehead atoms. The molecule has 1 aliphatic rings. The fourth-order valence-corrected chi connectivity index (χ4v) is 3.03. The van der Waals surface area contributed by atoms with Crippen LogP contribution < -0.4 is 15.4 Å². The van der Waals surface area contributed by atoms with E-state index in [1.54, 1.807) is 12.1 Å². The summed E-state index contributed by atoms with van der Waals surface area (Å²) in [5, 5.41) is 25.5. The van der Waals surface area contributed by atoms with Crippen molar-refractivity contribution in [3.05, 3.63) is 35.7 Å². The largest absolute Gasteiger partial charge is 0.471 e. The SMILES string of the molecule is CC(F)(F)COc1ncccc1CNc1ncc(C#N)c(N[C@H]2C[C@H](O)C2(C)C)n1. The minimum atomic E-state index is -2.97. The molecule has 0 saturated heterocycles. The number of nitrogens with one attached hydrogen (secondary N) is 2. The maximum atomic E-state index is 13.1. The van der Waals surface area contributed by atoms with E-state index < -0.39 is 18.6 Å². The van der Waals surface area contributed by atoms with Gasteiger partial charge in [-0.25, -0.2) is 18.7 Å². The Kier molecular flexibility index (Phi) is 6.03. The highest BCUT2D eigenvalue weighted by molar-refractivity contribution is 5.54. The number of aliphatic hydroxyl groups is 1. The topological polar surface area (TPSA) is 116 Å².